The fourth-order valence-corrected chi connectivity index (χ4v) is 4.10. The van der Waals surface area contributed by atoms with E-state index in [1.807, 2.05) is 19.1 Å². The Bertz CT molecular complexity index is 1220. The van der Waals surface area contributed by atoms with Crippen molar-refractivity contribution in [3.8, 4) is 0 Å². The second-order valence-electron chi connectivity index (χ2n) is 7.79. The van der Waals surface area contributed by atoms with E-state index < -0.39 is 12.1 Å². The predicted octanol–water partition coefficient (Wildman–Crippen LogP) is 8.22. The van der Waals surface area contributed by atoms with Crippen molar-refractivity contribution in [2.75, 3.05) is 0 Å². The third-order valence-corrected chi connectivity index (χ3v) is 6.64. The molecule has 0 bridgehead atoms. The van der Waals surface area contributed by atoms with E-state index in [2.05, 4.69) is 10.3 Å². The number of halogens is 7. The third kappa shape index (κ3) is 7.61. The van der Waals surface area contributed by atoms with Crippen molar-refractivity contribution in [2.45, 2.75) is 32.0 Å². The van der Waals surface area contributed by atoms with Crippen LogP contribution < -0.4 is 5.32 Å². The van der Waals surface area contributed by atoms with E-state index in [1.54, 1.807) is 18.3 Å². The maximum atomic E-state index is 13.7. The first-order valence-electron chi connectivity index (χ1n) is 10.3. The van der Waals surface area contributed by atoms with Crippen LogP contribution in [0.2, 0.25) is 20.1 Å². The van der Waals surface area contributed by atoms with Crippen molar-refractivity contribution in [1.82, 2.24) is 10.3 Å². The normalized spacial score (nSPS) is 12.7. The van der Waals surface area contributed by atoms with Crippen LogP contribution in [0.1, 0.15) is 33.9 Å². The Balaban J connectivity index is 1.70. The van der Waals surface area contributed by atoms with Crippen LogP contribution in [0.5, 0.6) is 0 Å². The van der Waals surface area contributed by atoms with Crippen LogP contribution in [-0.2, 0) is 17.8 Å². The smallest absolute Gasteiger partial charge is 0.352 e. The quantitative estimate of drug-likeness (QED) is 0.295. The van der Waals surface area contributed by atoms with E-state index in [0.717, 1.165) is 29.5 Å². The lowest BCUT2D eigenvalue weighted by molar-refractivity contribution is -0.139. The Kier molecular flexibility index (Phi) is 9.11. The molecule has 0 fully saturated rings. The largest absolute Gasteiger partial charge is 0.399 e. The predicted molar refractivity (Wildman–Crippen MR) is 135 cm³/mol. The van der Waals surface area contributed by atoms with Gasteiger partial charge in [-0.15, -0.1) is 0 Å². The average molecular weight is 562 g/mol. The summed E-state index contributed by atoms with van der Waals surface area (Å²) in [6, 6.07) is 10.7. The van der Waals surface area contributed by atoms with Gasteiger partial charge in [0.05, 0.1) is 27.4 Å². The number of carbonyl (C=O) groups excluding carboxylic acids is 1. The molecule has 184 valence electrons. The van der Waals surface area contributed by atoms with Gasteiger partial charge in [-0.3, -0.25) is 9.78 Å². The van der Waals surface area contributed by atoms with Gasteiger partial charge in [-0.1, -0.05) is 76.8 Å². The summed E-state index contributed by atoms with van der Waals surface area (Å²) in [6.45, 7) is 2.03. The van der Waals surface area contributed by atoms with Crippen LogP contribution in [0, 0.1) is 6.92 Å². The van der Waals surface area contributed by atoms with Crippen LogP contribution in [0.15, 0.2) is 54.7 Å². The first-order valence-corrected chi connectivity index (χ1v) is 11.8. The number of aromatic nitrogens is 1. The molecular formula is C25H19Cl4F3N2O. The van der Waals surface area contributed by atoms with Crippen LogP contribution in [0.25, 0.3) is 6.08 Å². The Morgan fingerprint density at radius 1 is 1.03 bits per heavy atom. The molecule has 0 aliphatic heterocycles. The Labute approximate surface area is 220 Å². The molecule has 0 aliphatic rings. The molecule has 1 unspecified atom stereocenters. The zero-order chi connectivity index (χ0) is 25.8. The first-order chi connectivity index (χ1) is 16.4. The van der Waals surface area contributed by atoms with Gasteiger partial charge in [0.2, 0.25) is 5.91 Å². The summed E-state index contributed by atoms with van der Waals surface area (Å²) >= 11 is 24.0. The van der Waals surface area contributed by atoms with E-state index in [4.69, 9.17) is 46.4 Å². The molecule has 0 aliphatic carbocycles. The number of nitrogens with zero attached hydrogens (tertiary/aromatic N) is 1. The molecule has 0 radical (unpaired) electrons. The van der Waals surface area contributed by atoms with Crippen molar-refractivity contribution in [1.29, 1.82) is 0 Å². The summed E-state index contributed by atoms with van der Waals surface area (Å²) in [4.78, 5) is 16.4. The van der Waals surface area contributed by atoms with Gasteiger partial charge in [0.15, 0.2) is 0 Å². The number of pyridine rings is 1. The first kappa shape index (κ1) is 27.3. The average Bonchev–Trinajstić information content (AvgIpc) is 2.77. The second kappa shape index (κ2) is 11.7. The zero-order valence-electron chi connectivity index (χ0n) is 18.3. The highest BCUT2D eigenvalue weighted by Gasteiger charge is 2.39. The van der Waals surface area contributed by atoms with Crippen molar-refractivity contribution < 1.29 is 18.0 Å². The molecule has 3 rings (SSSR count). The number of hydrogen-bond donors (Lipinski definition) is 1. The SMILES string of the molecule is Cc1ccc(CC(=O)NCc2ccc(/C=C/C(c3cc(Cl)c(Cl)c(Cl)c3)C(F)(F)F)cc2Cl)cn1. The zero-order valence-corrected chi connectivity index (χ0v) is 21.3. The molecule has 1 atom stereocenters. The molecule has 1 aromatic heterocycles. The van der Waals surface area contributed by atoms with Crippen LogP contribution >= 0.6 is 46.4 Å². The topological polar surface area (TPSA) is 42.0 Å². The van der Waals surface area contributed by atoms with Crippen molar-refractivity contribution in [3.05, 3.63) is 103 Å². The molecule has 1 N–H and O–H groups in total. The van der Waals surface area contributed by atoms with E-state index in [0.29, 0.717) is 16.1 Å². The van der Waals surface area contributed by atoms with Gasteiger partial charge in [0.25, 0.3) is 0 Å². The molecule has 3 nitrogen and oxygen atoms in total. The molecule has 0 saturated heterocycles. The summed E-state index contributed by atoms with van der Waals surface area (Å²) in [5, 5.41) is 2.95. The lowest BCUT2D eigenvalue weighted by Crippen LogP contribution is -2.24. The Hall–Kier alpha value is -2.25. The number of aryl methyl sites for hydroxylation is 1. The number of allylic oxidation sites excluding steroid dienone is 1. The molecule has 1 heterocycles. The van der Waals surface area contributed by atoms with Crippen LogP contribution in [0.4, 0.5) is 13.2 Å². The number of carbonyl (C=O) groups is 1. The summed E-state index contributed by atoms with van der Waals surface area (Å²) in [6.07, 6.45) is -0.462. The maximum Gasteiger partial charge on any atom is 0.399 e. The monoisotopic (exact) mass is 560 g/mol. The van der Waals surface area contributed by atoms with Crippen molar-refractivity contribution in [3.63, 3.8) is 0 Å². The van der Waals surface area contributed by atoms with Gasteiger partial charge in [-0.25, -0.2) is 0 Å². The number of benzene rings is 2. The molecule has 1 amide bonds. The summed E-state index contributed by atoms with van der Waals surface area (Å²) in [5.41, 5.74) is 2.58. The lowest BCUT2D eigenvalue weighted by atomic mass is 9.97. The Morgan fingerprint density at radius 3 is 2.29 bits per heavy atom. The molecule has 35 heavy (non-hydrogen) atoms. The van der Waals surface area contributed by atoms with Gasteiger partial charge in [0.1, 0.15) is 0 Å². The van der Waals surface area contributed by atoms with E-state index >= 15 is 0 Å². The molecule has 2 aromatic carbocycles. The lowest BCUT2D eigenvalue weighted by Gasteiger charge is -2.18. The van der Waals surface area contributed by atoms with E-state index in [1.165, 1.54) is 12.1 Å². The minimum absolute atomic E-state index is 0.00742. The standard InChI is InChI=1S/C25H19Cl4F3N2O/c1-14-2-3-16(12-33-14)9-23(35)34-13-17-6-4-15(8-20(17)26)5-7-19(25(30,31)32)18-10-21(27)24(29)22(28)11-18/h2-8,10-12,19H,9,13H2,1H3,(H,34,35)/b7-5+. The minimum atomic E-state index is -4.59. The van der Waals surface area contributed by atoms with Crippen molar-refractivity contribution >= 4 is 58.4 Å². The number of hydrogen-bond acceptors (Lipinski definition) is 2. The fraction of sp³-hybridized carbons (Fsp3) is 0.200. The van der Waals surface area contributed by atoms with Gasteiger partial charge in [-0.05, 0) is 53.4 Å². The molecule has 0 spiro atoms. The molecule has 0 saturated carbocycles. The number of amides is 1. The maximum absolute atomic E-state index is 13.7. The highest BCUT2D eigenvalue weighted by atomic mass is 35.5. The van der Waals surface area contributed by atoms with Gasteiger partial charge < -0.3 is 5.32 Å². The molecular weight excluding hydrogens is 543 g/mol. The third-order valence-electron chi connectivity index (χ3n) is 5.09. The number of nitrogens with one attached hydrogen (secondary N) is 1. The fourth-order valence-electron chi connectivity index (χ4n) is 3.23. The minimum Gasteiger partial charge on any atom is -0.352 e. The molecule has 3 aromatic rings. The number of alkyl halides is 3. The number of rotatable bonds is 7. The van der Waals surface area contributed by atoms with Crippen molar-refractivity contribution in [2.24, 2.45) is 0 Å². The highest BCUT2D eigenvalue weighted by Crippen LogP contribution is 2.41. The Morgan fingerprint density at radius 2 is 1.71 bits per heavy atom. The van der Waals surface area contributed by atoms with Gasteiger partial charge >= 0.3 is 6.18 Å². The van der Waals surface area contributed by atoms with E-state index in [-0.39, 0.29) is 39.5 Å². The second-order valence-corrected chi connectivity index (χ2v) is 9.39. The highest BCUT2D eigenvalue weighted by molar-refractivity contribution is 6.48. The van der Waals surface area contributed by atoms with Gasteiger partial charge in [0, 0.05) is 23.5 Å². The summed E-state index contributed by atoms with van der Waals surface area (Å²) in [5.74, 6) is -2.16. The van der Waals surface area contributed by atoms with Crippen LogP contribution in [-0.4, -0.2) is 17.1 Å². The van der Waals surface area contributed by atoms with Gasteiger partial charge in [-0.2, -0.15) is 13.2 Å². The van der Waals surface area contributed by atoms with Crippen LogP contribution in [0.3, 0.4) is 0 Å². The van der Waals surface area contributed by atoms with E-state index in [9.17, 15) is 18.0 Å². The summed E-state index contributed by atoms with van der Waals surface area (Å²) < 4.78 is 41.2. The molecule has 10 heteroatoms. The summed E-state index contributed by atoms with van der Waals surface area (Å²) in [7, 11) is 0.